The molecule has 0 aromatic heterocycles. The van der Waals surface area contributed by atoms with Crippen molar-refractivity contribution in [1.29, 1.82) is 0 Å². The number of aliphatic hydroxyl groups excluding tert-OH is 1. The van der Waals surface area contributed by atoms with Crippen LogP contribution in [0.4, 0.5) is 0 Å². The maximum atomic E-state index is 8.57. The topological polar surface area (TPSA) is 47.9 Å². The maximum Gasteiger partial charge on any atom is 0.110 e. The highest BCUT2D eigenvalue weighted by molar-refractivity contribution is 4.57. The third-order valence-corrected chi connectivity index (χ3v) is 1.68. The molecule has 0 aromatic rings. The number of aliphatic hydroxyl groups is 1. The molecule has 2 atom stereocenters. The molecular weight excluding hydrogens is 102 g/mol. The van der Waals surface area contributed by atoms with Crippen LogP contribution in [0.3, 0.4) is 0 Å². The molecule has 0 saturated carbocycles. The van der Waals surface area contributed by atoms with E-state index in [1.165, 1.54) is 0 Å². The molecule has 2 heteroatoms. The van der Waals surface area contributed by atoms with Crippen LogP contribution in [0.25, 0.3) is 0 Å². The summed E-state index contributed by atoms with van der Waals surface area (Å²) in [5.74, 6) is 0.556. The van der Waals surface area contributed by atoms with E-state index in [2.05, 4.69) is 19.6 Å². The molecule has 0 bridgehead atoms. The molecule has 0 unspecified atom stereocenters. The molecule has 50 valence electrons. The van der Waals surface area contributed by atoms with Crippen LogP contribution >= 0.6 is 0 Å². The van der Waals surface area contributed by atoms with Crippen molar-refractivity contribution in [3.63, 3.8) is 0 Å². The van der Waals surface area contributed by atoms with E-state index in [1.807, 2.05) is 0 Å². The summed E-state index contributed by atoms with van der Waals surface area (Å²) in [7, 11) is 0. The highest BCUT2D eigenvalue weighted by atomic mass is 16.3. The zero-order valence-corrected chi connectivity index (χ0v) is 5.72. The normalized spacial score (nSPS) is 18.0. The molecular formula is C6H16NO+. The maximum absolute atomic E-state index is 8.57. The summed E-state index contributed by atoms with van der Waals surface area (Å²) in [6, 6.07) is 0.222. The first-order chi connectivity index (χ1) is 3.72. The van der Waals surface area contributed by atoms with E-state index in [0.29, 0.717) is 5.92 Å². The lowest BCUT2D eigenvalue weighted by molar-refractivity contribution is -0.437. The molecule has 0 spiro atoms. The Kier molecular flexibility index (Phi) is 3.83. The first-order valence-electron chi connectivity index (χ1n) is 3.16. The second-order valence-electron chi connectivity index (χ2n) is 2.33. The van der Waals surface area contributed by atoms with Gasteiger partial charge in [0, 0.05) is 5.92 Å². The Morgan fingerprint density at radius 3 is 2.25 bits per heavy atom. The standard InChI is InChI=1S/C6H15NO/c1-3-5(2)6(7)4-8/h5-6,8H,3-4,7H2,1-2H3/p+1/t5-,6-/m1/s1. The SMILES string of the molecule is CC[C@@H](C)[C@H]([NH3+])CO. The summed E-state index contributed by atoms with van der Waals surface area (Å²) in [6.45, 7) is 4.43. The van der Waals surface area contributed by atoms with E-state index in [9.17, 15) is 0 Å². The van der Waals surface area contributed by atoms with Crippen LogP contribution in [0.1, 0.15) is 20.3 Å². The van der Waals surface area contributed by atoms with E-state index in [1.54, 1.807) is 0 Å². The lowest BCUT2D eigenvalue weighted by Crippen LogP contribution is -2.65. The van der Waals surface area contributed by atoms with Crippen LogP contribution in [0.5, 0.6) is 0 Å². The minimum atomic E-state index is 0.217. The van der Waals surface area contributed by atoms with Gasteiger partial charge in [0.15, 0.2) is 0 Å². The van der Waals surface area contributed by atoms with Crippen molar-refractivity contribution in [3.8, 4) is 0 Å². The molecule has 2 nitrogen and oxygen atoms in total. The molecule has 0 fully saturated rings. The molecule has 0 saturated heterocycles. The number of hydrogen-bond acceptors (Lipinski definition) is 1. The van der Waals surface area contributed by atoms with Gasteiger partial charge in [0.2, 0.25) is 0 Å². The Balaban J connectivity index is 3.29. The van der Waals surface area contributed by atoms with Crippen LogP contribution in [0.15, 0.2) is 0 Å². The Bertz CT molecular complexity index is 48.5. The summed E-state index contributed by atoms with van der Waals surface area (Å²) in [4.78, 5) is 0. The zero-order valence-electron chi connectivity index (χ0n) is 5.72. The smallest absolute Gasteiger partial charge is 0.110 e. The van der Waals surface area contributed by atoms with Crippen LogP contribution in [-0.2, 0) is 0 Å². The van der Waals surface area contributed by atoms with Gasteiger partial charge in [0.05, 0.1) is 6.61 Å². The lowest BCUT2D eigenvalue weighted by atomic mass is 10.0. The zero-order chi connectivity index (χ0) is 6.57. The molecule has 8 heavy (non-hydrogen) atoms. The lowest BCUT2D eigenvalue weighted by Gasteiger charge is -2.10. The first kappa shape index (κ1) is 7.92. The van der Waals surface area contributed by atoms with Gasteiger partial charge >= 0.3 is 0 Å². The fourth-order valence-electron chi connectivity index (χ4n) is 0.513. The minimum absolute atomic E-state index is 0.217. The molecule has 0 aliphatic heterocycles. The minimum Gasteiger partial charge on any atom is -0.390 e. The summed E-state index contributed by atoms with van der Waals surface area (Å²) >= 11 is 0. The first-order valence-corrected chi connectivity index (χ1v) is 3.16. The van der Waals surface area contributed by atoms with Gasteiger partial charge in [-0.1, -0.05) is 13.8 Å². The van der Waals surface area contributed by atoms with Crippen LogP contribution in [0, 0.1) is 5.92 Å². The highest BCUT2D eigenvalue weighted by Gasteiger charge is 2.11. The van der Waals surface area contributed by atoms with E-state index >= 15 is 0 Å². The summed E-state index contributed by atoms with van der Waals surface area (Å²) in [5.41, 5.74) is 3.78. The van der Waals surface area contributed by atoms with E-state index in [-0.39, 0.29) is 12.6 Å². The second-order valence-corrected chi connectivity index (χ2v) is 2.33. The number of quaternary nitrogens is 1. The molecule has 0 aliphatic carbocycles. The molecule has 0 rings (SSSR count). The van der Waals surface area contributed by atoms with Gasteiger partial charge in [-0.05, 0) is 6.42 Å². The van der Waals surface area contributed by atoms with Gasteiger partial charge in [-0.2, -0.15) is 0 Å². The molecule has 0 amide bonds. The van der Waals surface area contributed by atoms with Gasteiger partial charge in [0.1, 0.15) is 6.04 Å². The molecule has 0 aliphatic rings. The predicted molar refractivity (Wildman–Crippen MR) is 33.2 cm³/mol. The summed E-state index contributed by atoms with van der Waals surface area (Å²) in [5, 5.41) is 8.57. The summed E-state index contributed by atoms with van der Waals surface area (Å²) < 4.78 is 0. The van der Waals surface area contributed by atoms with Crippen molar-refractivity contribution in [2.24, 2.45) is 5.92 Å². The third-order valence-electron chi connectivity index (χ3n) is 1.68. The van der Waals surface area contributed by atoms with E-state index in [0.717, 1.165) is 6.42 Å². The van der Waals surface area contributed by atoms with Crippen molar-refractivity contribution in [2.45, 2.75) is 26.3 Å². The van der Waals surface area contributed by atoms with Crippen molar-refractivity contribution in [1.82, 2.24) is 0 Å². The largest absolute Gasteiger partial charge is 0.390 e. The van der Waals surface area contributed by atoms with Crippen molar-refractivity contribution >= 4 is 0 Å². The fourth-order valence-corrected chi connectivity index (χ4v) is 0.513. The quantitative estimate of drug-likeness (QED) is 0.522. The Morgan fingerprint density at radius 2 is 2.12 bits per heavy atom. The van der Waals surface area contributed by atoms with Crippen molar-refractivity contribution in [3.05, 3.63) is 0 Å². The average Bonchev–Trinajstić information content (AvgIpc) is 1.84. The van der Waals surface area contributed by atoms with E-state index < -0.39 is 0 Å². The highest BCUT2D eigenvalue weighted by Crippen LogP contribution is 2.01. The number of hydrogen-bond donors (Lipinski definition) is 2. The molecule has 0 heterocycles. The Labute approximate surface area is 50.7 Å². The third kappa shape index (κ3) is 2.28. The van der Waals surface area contributed by atoms with Gasteiger partial charge in [-0.15, -0.1) is 0 Å². The van der Waals surface area contributed by atoms with Gasteiger partial charge < -0.3 is 10.8 Å². The van der Waals surface area contributed by atoms with Crippen molar-refractivity contribution < 1.29 is 10.8 Å². The summed E-state index contributed by atoms with van der Waals surface area (Å²) in [6.07, 6.45) is 1.11. The molecule has 4 N–H and O–H groups in total. The van der Waals surface area contributed by atoms with Crippen LogP contribution in [0.2, 0.25) is 0 Å². The number of rotatable bonds is 3. The van der Waals surface area contributed by atoms with Gasteiger partial charge in [-0.3, -0.25) is 0 Å². The Morgan fingerprint density at radius 1 is 1.62 bits per heavy atom. The van der Waals surface area contributed by atoms with Crippen LogP contribution < -0.4 is 5.73 Å². The van der Waals surface area contributed by atoms with Gasteiger partial charge in [0.25, 0.3) is 0 Å². The molecule has 0 radical (unpaired) electrons. The molecule has 0 aromatic carbocycles. The monoisotopic (exact) mass is 118 g/mol. The second kappa shape index (κ2) is 3.87. The van der Waals surface area contributed by atoms with Crippen molar-refractivity contribution in [2.75, 3.05) is 6.61 Å². The fraction of sp³-hybridized carbons (Fsp3) is 1.00. The van der Waals surface area contributed by atoms with E-state index in [4.69, 9.17) is 5.11 Å². The van der Waals surface area contributed by atoms with Gasteiger partial charge in [-0.25, -0.2) is 0 Å². The van der Waals surface area contributed by atoms with Crippen LogP contribution in [-0.4, -0.2) is 17.8 Å². The average molecular weight is 118 g/mol. The Hall–Kier alpha value is -0.0800. The predicted octanol–water partition coefficient (Wildman–Crippen LogP) is -0.365.